The Bertz CT molecular complexity index is 1100. The SMILES string of the molecule is CCCCCCCC/C=C/C/C=C/C/C=C/CCCC(=O)OC[C@H](COP(=O)(O)OCCN)OC(=O)CCCCCCCCCCCCCCCCCCCCCCCCC. The van der Waals surface area contributed by atoms with Crippen molar-refractivity contribution in [1.29, 1.82) is 0 Å². The van der Waals surface area contributed by atoms with E-state index in [2.05, 4.69) is 50.3 Å². The van der Waals surface area contributed by atoms with Crippen LogP contribution < -0.4 is 5.73 Å². The molecule has 2 atom stereocenters. The van der Waals surface area contributed by atoms with Gasteiger partial charge in [-0.05, 0) is 44.9 Å². The Morgan fingerprint density at radius 2 is 0.869 bits per heavy atom. The van der Waals surface area contributed by atoms with E-state index in [0.717, 1.165) is 38.5 Å². The molecule has 0 aliphatic carbocycles. The number of hydrogen-bond donors (Lipinski definition) is 2. The van der Waals surface area contributed by atoms with Gasteiger partial charge in [-0.1, -0.05) is 224 Å². The summed E-state index contributed by atoms with van der Waals surface area (Å²) in [6.07, 6.45) is 54.8. The molecule has 358 valence electrons. The second kappa shape index (κ2) is 47.7. The standard InChI is InChI=1S/C51H96NO8P/c1-3-5-7-9-11-13-15-17-19-21-22-23-24-25-26-28-30-32-34-36-38-40-42-44-51(54)60-49(48-59-61(55,56)58-46-45-52)47-57-50(53)43-41-39-37-35-33-31-29-27-20-18-16-14-12-10-8-6-4-2/h18,20,29,31,35,37,49H,3-17,19,21-28,30,32-34,36,38-48,52H2,1-2H3,(H,55,56)/b20-18+,31-29+,37-35+/t49-/m1/s1. The second-order valence-electron chi connectivity index (χ2n) is 17.0. The summed E-state index contributed by atoms with van der Waals surface area (Å²) in [6, 6.07) is 0. The fraction of sp³-hybridized carbons (Fsp3) is 0.843. The van der Waals surface area contributed by atoms with E-state index in [-0.39, 0.29) is 32.6 Å². The number of carbonyl (C=O) groups excluding carboxylic acids is 2. The first-order valence-electron chi connectivity index (χ1n) is 25.5. The van der Waals surface area contributed by atoms with Crippen LogP contribution in [0, 0.1) is 0 Å². The van der Waals surface area contributed by atoms with Crippen molar-refractivity contribution in [3.8, 4) is 0 Å². The van der Waals surface area contributed by atoms with Crippen LogP contribution in [0.2, 0.25) is 0 Å². The van der Waals surface area contributed by atoms with E-state index in [9.17, 15) is 19.0 Å². The van der Waals surface area contributed by atoms with Gasteiger partial charge in [0, 0.05) is 19.4 Å². The summed E-state index contributed by atoms with van der Waals surface area (Å²) in [5, 5.41) is 0. The van der Waals surface area contributed by atoms with Gasteiger partial charge in [-0.2, -0.15) is 0 Å². The van der Waals surface area contributed by atoms with Gasteiger partial charge < -0.3 is 20.1 Å². The van der Waals surface area contributed by atoms with Crippen LogP contribution in [0.25, 0.3) is 0 Å². The third-order valence-corrected chi connectivity index (χ3v) is 12.0. The minimum absolute atomic E-state index is 0.0480. The molecule has 1 unspecified atom stereocenters. The predicted octanol–water partition coefficient (Wildman–Crippen LogP) is 15.3. The Labute approximate surface area is 375 Å². The minimum atomic E-state index is -4.39. The van der Waals surface area contributed by atoms with Crippen molar-refractivity contribution in [3.05, 3.63) is 36.5 Å². The normalized spacial score (nSPS) is 13.4. The molecule has 0 rings (SSSR count). The zero-order valence-corrected chi connectivity index (χ0v) is 40.5. The largest absolute Gasteiger partial charge is 0.472 e. The number of ether oxygens (including phenoxy) is 2. The lowest BCUT2D eigenvalue weighted by Crippen LogP contribution is -2.29. The molecule has 0 heterocycles. The molecule has 0 aromatic heterocycles. The first-order chi connectivity index (χ1) is 29.8. The Hall–Kier alpha value is -1.77. The van der Waals surface area contributed by atoms with Gasteiger partial charge in [0.05, 0.1) is 13.2 Å². The Morgan fingerprint density at radius 1 is 0.492 bits per heavy atom. The van der Waals surface area contributed by atoms with Crippen LogP contribution in [-0.2, 0) is 32.7 Å². The maximum atomic E-state index is 12.6. The fourth-order valence-corrected chi connectivity index (χ4v) is 8.01. The third kappa shape index (κ3) is 47.5. The van der Waals surface area contributed by atoms with Gasteiger partial charge in [-0.15, -0.1) is 0 Å². The molecule has 0 amide bonds. The van der Waals surface area contributed by atoms with Crippen molar-refractivity contribution in [2.24, 2.45) is 5.73 Å². The van der Waals surface area contributed by atoms with Gasteiger partial charge in [0.1, 0.15) is 6.61 Å². The number of esters is 2. The molecule has 9 nitrogen and oxygen atoms in total. The first-order valence-corrected chi connectivity index (χ1v) is 27.0. The van der Waals surface area contributed by atoms with Crippen LogP contribution in [0.1, 0.15) is 245 Å². The average molecular weight is 882 g/mol. The highest BCUT2D eigenvalue weighted by Gasteiger charge is 2.26. The van der Waals surface area contributed by atoms with Gasteiger partial charge in [0.15, 0.2) is 6.10 Å². The molecule has 0 fully saturated rings. The lowest BCUT2D eigenvalue weighted by Gasteiger charge is -2.19. The first kappa shape index (κ1) is 59.2. The highest BCUT2D eigenvalue weighted by atomic mass is 31.2. The maximum Gasteiger partial charge on any atom is 0.472 e. The Balaban J connectivity index is 4.07. The fourth-order valence-electron chi connectivity index (χ4n) is 7.24. The number of allylic oxidation sites excluding steroid dienone is 6. The van der Waals surface area contributed by atoms with Crippen molar-refractivity contribution < 1.29 is 37.6 Å². The van der Waals surface area contributed by atoms with E-state index in [4.69, 9.17) is 24.3 Å². The molecule has 0 spiro atoms. The van der Waals surface area contributed by atoms with Crippen LogP contribution in [-0.4, -0.2) is 49.3 Å². The van der Waals surface area contributed by atoms with Crippen LogP contribution in [0.5, 0.6) is 0 Å². The van der Waals surface area contributed by atoms with E-state index in [1.807, 2.05) is 0 Å². The van der Waals surface area contributed by atoms with Crippen LogP contribution in [0.4, 0.5) is 0 Å². The highest BCUT2D eigenvalue weighted by Crippen LogP contribution is 2.43. The number of phosphoric acid groups is 1. The van der Waals surface area contributed by atoms with Gasteiger partial charge in [-0.3, -0.25) is 18.6 Å². The zero-order valence-electron chi connectivity index (χ0n) is 39.7. The average Bonchev–Trinajstić information content (AvgIpc) is 3.25. The molecule has 61 heavy (non-hydrogen) atoms. The summed E-state index contributed by atoms with van der Waals surface area (Å²) < 4.78 is 32.9. The third-order valence-electron chi connectivity index (χ3n) is 11.0. The minimum Gasteiger partial charge on any atom is -0.462 e. The number of hydrogen-bond acceptors (Lipinski definition) is 8. The van der Waals surface area contributed by atoms with E-state index in [0.29, 0.717) is 12.8 Å². The number of carbonyl (C=O) groups is 2. The molecule has 3 N–H and O–H groups in total. The Morgan fingerprint density at radius 3 is 1.31 bits per heavy atom. The lowest BCUT2D eigenvalue weighted by atomic mass is 10.0. The van der Waals surface area contributed by atoms with Gasteiger partial charge in [-0.25, -0.2) is 4.57 Å². The number of rotatable bonds is 48. The molecule has 10 heteroatoms. The van der Waals surface area contributed by atoms with Crippen molar-refractivity contribution in [2.45, 2.75) is 251 Å². The van der Waals surface area contributed by atoms with Crippen LogP contribution >= 0.6 is 7.82 Å². The molecular weight excluding hydrogens is 786 g/mol. The topological polar surface area (TPSA) is 134 Å². The van der Waals surface area contributed by atoms with E-state index in [1.165, 1.54) is 167 Å². The summed E-state index contributed by atoms with van der Waals surface area (Å²) in [4.78, 5) is 35.0. The monoisotopic (exact) mass is 882 g/mol. The molecule has 0 saturated carbocycles. The van der Waals surface area contributed by atoms with Gasteiger partial charge in [0.25, 0.3) is 0 Å². The van der Waals surface area contributed by atoms with Crippen molar-refractivity contribution in [2.75, 3.05) is 26.4 Å². The van der Waals surface area contributed by atoms with E-state index >= 15 is 0 Å². The highest BCUT2D eigenvalue weighted by molar-refractivity contribution is 7.47. The summed E-state index contributed by atoms with van der Waals surface area (Å²) >= 11 is 0. The van der Waals surface area contributed by atoms with E-state index in [1.54, 1.807) is 0 Å². The summed E-state index contributed by atoms with van der Waals surface area (Å²) in [5.74, 6) is -0.879. The van der Waals surface area contributed by atoms with Gasteiger partial charge >= 0.3 is 19.8 Å². The summed E-state index contributed by atoms with van der Waals surface area (Å²) in [7, 11) is -4.39. The summed E-state index contributed by atoms with van der Waals surface area (Å²) in [6.45, 7) is 3.71. The smallest absolute Gasteiger partial charge is 0.462 e. The Kier molecular flexibility index (Phi) is 46.3. The van der Waals surface area contributed by atoms with Crippen molar-refractivity contribution in [3.63, 3.8) is 0 Å². The number of unbranched alkanes of at least 4 members (excludes halogenated alkanes) is 29. The van der Waals surface area contributed by atoms with Crippen LogP contribution in [0.3, 0.4) is 0 Å². The van der Waals surface area contributed by atoms with E-state index < -0.39 is 32.5 Å². The quantitative estimate of drug-likeness (QED) is 0.0265. The molecule has 0 aliphatic heterocycles. The van der Waals surface area contributed by atoms with Crippen molar-refractivity contribution >= 4 is 19.8 Å². The lowest BCUT2D eigenvalue weighted by molar-refractivity contribution is -0.161. The molecule has 0 radical (unpaired) electrons. The zero-order chi connectivity index (χ0) is 44.6. The molecule has 0 aliphatic rings. The summed E-state index contributed by atoms with van der Waals surface area (Å²) in [5.41, 5.74) is 5.36. The molecular formula is C51H96NO8P. The maximum absolute atomic E-state index is 12.6. The predicted molar refractivity (Wildman–Crippen MR) is 257 cm³/mol. The number of phosphoric ester groups is 1. The second-order valence-corrected chi connectivity index (χ2v) is 18.5. The van der Waals surface area contributed by atoms with Gasteiger partial charge in [0.2, 0.25) is 0 Å². The molecule has 0 aromatic carbocycles. The number of nitrogens with two attached hydrogens (primary N) is 1. The molecule has 0 saturated heterocycles. The van der Waals surface area contributed by atoms with Crippen molar-refractivity contribution in [1.82, 2.24) is 0 Å². The molecule has 0 aromatic rings. The molecule has 0 bridgehead atoms. The van der Waals surface area contributed by atoms with Crippen LogP contribution in [0.15, 0.2) is 36.5 Å².